The first-order valence-electron chi connectivity index (χ1n) is 9.12. The molecule has 4 rings (SSSR count). The zero-order valence-corrected chi connectivity index (χ0v) is 15.2. The molecule has 0 bridgehead atoms. The van der Waals surface area contributed by atoms with Crippen LogP contribution in [-0.4, -0.2) is 27.5 Å². The van der Waals surface area contributed by atoms with Crippen molar-refractivity contribution in [2.75, 3.05) is 6.54 Å². The van der Waals surface area contributed by atoms with Gasteiger partial charge in [0.25, 0.3) is 5.91 Å². The zero-order valence-electron chi connectivity index (χ0n) is 15.2. The molecule has 0 unspecified atom stereocenters. The van der Waals surface area contributed by atoms with E-state index >= 15 is 0 Å². The molecule has 1 aliphatic heterocycles. The minimum absolute atomic E-state index is 0.0311. The van der Waals surface area contributed by atoms with Crippen molar-refractivity contribution < 1.29 is 14.1 Å². The van der Waals surface area contributed by atoms with E-state index in [9.17, 15) is 4.79 Å². The average Bonchev–Trinajstić information content (AvgIpc) is 3.15. The first-order chi connectivity index (χ1) is 13.2. The van der Waals surface area contributed by atoms with Crippen molar-refractivity contribution >= 4 is 5.91 Å². The minimum atomic E-state index is 0.0311. The highest BCUT2D eigenvalue weighted by atomic mass is 16.5. The molecule has 0 N–H and O–H groups in total. The van der Waals surface area contributed by atoms with Crippen LogP contribution in [0.5, 0.6) is 5.75 Å². The summed E-state index contributed by atoms with van der Waals surface area (Å²) >= 11 is 0. The van der Waals surface area contributed by atoms with E-state index in [-0.39, 0.29) is 12.5 Å². The molecule has 0 atom stereocenters. The van der Waals surface area contributed by atoms with Gasteiger partial charge in [0.1, 0.15) is 23.8 Å². The van der Waals surface area contributed by atoms with E-state index in [0.29, 0.717) is 30.8 Å². The number of aryl methyl sites for hydroxylation is 1. The Morgan fingerprint density at radius 2 is 2.11 bits per heavy atom. The number of ether oxygens (including phenoxy) is 1. The predicted molar refractivity (Wildman–Crippen MR) is 99.3 cm³/mol. The van der Waals surface area contributed by atoms with E-state index in [1.54, 1.807) is 12.4 Å². The molecule has 0 saturated heterocycles. The number of benzene rings is 1. The largest absolute Gasteiger partial charge is 0.486 e. The van der Waals surface area contributed by atoms with Crippen LogP contribution in [0.25, 0.3) is 0 Å². The van der Waals surface area contributed by atoms with Gasteiger partial charge in [-0.3, -0.25) is 9.78 Å². The van der Waals surface area contributed by atoms with Crippen LogP contribution in [0.3, 0.4) is 0 Å². The average molecular weight is 363 g/mol. The monoisotopic (exact) mass is 363 g/mol. The molecule has 27 heavy (non-hydrogen) atoms. The second-order valence-corrected chi connectivity index (χ2v) is 6.54. The van der Waals surface area contributed by atoms with Crippen molar-refractivity contribution in [3.05, 3.63) is 76.9 Å². The van der Waals surface area contributed by atoms with Gasteiger partial charge < -0.3 is 14.2 Å². The summed E-state index contributed by atoms with van der Waals surface area (Å²) in [4.78, 5) is 18.7. The molecule has 0 fully saturated rings. The topological polar surface area (TPSA) is 68.5 Å². The molecule has 3 aromatic rings. The minimum Gasteiger partial charge on any atom is -0.486 e. The van der Waals surface area contributed by atoms with Crippen molar-refractivity contribution in [2.45, 2.75) is 32.9 Å². The molecule has 1 aliphatic rings. The predicted octanol–water partition coefficient (Wildman–Crippen LogP) is 3.41. The summed E-state index contributed by atoms with van der Waals surface area (Å²) in [6.45, 7) is 3.50. The maximum atomic E-state index is 12.9. The Bertz CT molecular complexity index is 920. The molecule has 1 aromatic carbocycles. The Morgan fingerprint density at radius 1 is 1.26 bits per heavy atom. The molecule has 6 nitrogen and oxygen atoms in total. The normalized spacial score (nSPS) is 13.3. The quantitative estimate of drug-likeness (QED) is 0.695. The molecule has 2 aromatic heterocycles. The first-order valence-corrected chi connectivity index (χ1v) is 9.12. The van der Waals surface area contributed by atoms with E-state index < -0.39 is 0 Å². The maximum Gasteiger partial charge on any atom is 0.254 e. The summed E-state index contributed by atoms with van der Waals surface area (Å²) < 4.78 is 11.2. The summed E-state index contributed by atoms with van der Waals surface area (Å²) in [6, 6.07) is 11.5. The number of carbonyl (C=O) groups is 1. The van der Waals surface area contributed by atoms with Gasteiger partial charge in [0.15, 0.2) is 0 Å². The molecule has 6 heteroatoms. The lowest BCUT2D eigenvalue weighted by atomic mass is 10.0. The third-order valence-electron chi connectivity index (χ3n) is 4.82. The molecule has 138 valence electrons. The fourth-order valence-corrected chi connectivity index (χ4v) is 3.20. The maximum absolute atomic E-state index is 12.9. The molecular weight excluding hydrogens is 342 g/mol. The van der Waals surface area contributed by atoms with Crippen molar-refractivity contribution in [1.29, 1.82) is 0 Å². The molecule has 0 radical (unpaired) electrons. The van der Waals surface area contributed by atoms with Crippen LogP contribution >= 0.6 is 0 Å². The summed E-state index contributed by atoms with van der Waals surface area (Å²) in [5.41, 5.74) is 3.61. The Balaban J connectivity index is 1.47. The van der Waals surface area contributed by atoms with Crippen LogP contribution in [0.1, 0.15) is 39.9 Å². The lowest BCUT2D eigenvalue weighted by Gasteiger charge is -2.26. The second kappa shape index (κ2) is 7.61. The molecule has 0 aliphatic carbocycles. The number of carbonyl (C=O) groups excluding carboxylic acids is 1. The van der Waals surface area contributed by atoms with Crippen molar-refractivity contribution in [2.24, 2.45) is 0 Å². The van der Waals surface area contributed by atoms with Crippen LogP contribution in [0.2, 0.25) is 0 Å². The van der Waals surface area contributed by atoms with Crippen LogP contribution in [0.15, 0.2) is 53.3 Å². The van der Waals surface area contributed by atoms with Crippen LogP contribution in [-0.2, 0) is 26.0 Å². The highest BCUT2D eigenvalue weighted by molar-refractivity contribution is 5.94. The van der Waals surface area contributed by atoms with Crippen LogP contribution in [0, 0.1) is 0 Å². The Labute approximate surface area is 157 Å². The van der Waals surface area contributed by atoms with Gasteiger partial charge in [0.05, 0.1) is 12.7 Å². The van der Waals surface area contributed by atoms with Gasteiger partial charge in [0, 0.05) is 30.3 Å². The summed E-state index contributed by atoms with van der Waals surface area (Å²) in [5, 5.41) is 4.14. The summed E-state index contributed by atoms with van der Waals surface area (Å²) in [7, 11) is 0. The zero-order chi connectivity index (χ0) is 18.6. The number of amides is 1. The standard InChI is InChI=1S/C21H21N3O3/c1-2-15-5-7-16(8-6-15)21(25)24-11-9-20-18(13-24)19(23-27-20)14-26-17-4-3-10-22-12-17/h3-8,10,12H,2,9,11,13-14H2,1H3. The summed E-state index contributed by atoms with van der Waals surface area (Å²) in [5.74, 6) is 1.54. The van der Waals surface area contributed by atoms with E-state index in [4.69, 9.17) is 9.26 Å². The van der Waals surface area contributed by atoms with Gasteiger partial charge in [-0.05, 0) is 36.2 Å². The van der Waals surface area contributed by atoms with Crippen LogP contribution < -0.4 is 4.74 Å². The van der Waals surface area contributed by atoms with Gasteiger partial charge in [-0.2, -0.15) is 0 Å². The van der Waals surface area contributed by atoms with Gasteiger partial charge in [0.2, 0.25) is 0 Å². The number of aromatic nitrogens is 2. The van der Waals surface area contributed by atoms with Crippen LogP contribution in [0.4, 0.5) is 0 Å². The summed E-state index contributed by atoms with van der Waals surface area (Å²) in [6.07, 6.45) is 4.97. The lowest BCUT2D eigenvalue weighted by molar-refractivity contribution is 0.0728. The number of hydrogen-bond donors (Lipinski definition) is 0. The first kappa shape index (κ1) is 17.3. The molecular formula is C21H21N3O3. The molecule has 1 amide bonds. The van der Waals surface area contributed by atoms with E-state index in [1.165, 1.54) is 5.56 Å². The Kier molecular flexibility index (Phi) is 4.87. The van der Waals surface area contributed by atoms with Gasteiger partial charge in [-0.25, -0.2) is 0 Å². The number of rotatable bonds is 5. The van der Waals surface area contributed by atoms with E-state index in [2.05, 4.69) is 17.1 Å². The van der Waals surface area contributed by atoms with Crippen molar-refractivity contribution in [1.82, 2.24) is 15.0 Å². The van der Waals surface area contributed by atoms with E-state index in [1.807, 2.05) is 41.3 Å². The Morgan fingerprint density at radius 3 is 2.85 bits per heavy atom. The van der Waals surface area contributed by atoms with Gasteiger partial charge in [-0.15, -0.1) is 0 Å². The van der Waals surface area contributed by atoms with Crippen molar-refractivity contribution in [3.8, 4) is 5.75 Å². The van der Waals surface area contributed by atoms with E-state index in [0.717, 1.165) is 23.4 Å². The lowest BCUT2D eigenvalue weighted by Crippen LogP contribution is -2.36. The van der Waals surface area contributed by atoms with Crippen molar-refractivity contribution in [3.63, 3.8) is 0 Å². The SMILES string of the molecule is CCc1ccc(C(=O)N2CCc3onc(COc4cccnc4)c3C2)cc1. The molecule has 0 saturated carbocycles. The van der Waals surface area contributed by atoms with Gasteiger partial charge in [-0.1, -0.05) is 24.2 Å². The third kappa shape index (κ3) is 3.69. The second-order valence-electron chi connectivity index (χ2n) is 6.54. The number of fused-ring (bicyclic) bond motifs is 1. The molecule has 3 heterocycles. The number of hydrogen-bond acceptors (Lipinski definition) is 5. The smallest absolute Gasteiger partial charge is 0.254 e. The number of pyridine rings is 1. The highest BCUT2D eigenvalue weighted by Crippen LogP contribution is 2.25. The number of nitrogens with zero attached hydrogens (tertiary/aromatic N) is 3. The fourth-order valence-electron chi connectivity index (χ4n) is 3.20. The third-order valence-corrected chi connectivity index (χ3v) is 4.82. The Hall–Kier alpha value is -3.15. The molecule has 0 spiro atoms. The highest BCUT2D eigenvalue weighted by Gasteiger charge is 2.27. The van der Waals surface area contributed by atoms with Gasteiger partial charge >= 0.3 is 0 Å². The fraction of sp³-hybridized carbons (Fsp3) is 0.286.